The van der Waals surface area contributed by atoms with Crippen molar-refractivity contribution in [2.75, 3.05) is 6.61 Å². The lowest BCUT2D eigenvalue weighted by molar-refractivity contribution is -0.143. The zero-order valence-electron chi connectivity index (χ0n) is 14.4. The average Bonchev–Trinajstić information content (AvgIpc) is 2.70. The van der Waals surface area contributed by atoms with E-state index in [2.05, 4.69) is 10.3 Å². The summed E-state index contributed by atoms with van der Waals surface area (Å²) < 4.78 is 18.3. The Morgan fingerprint density at radius 3 is 2.67 bits per heavy atom. The number of nitrogens with one attached hydrogen (secondary N) is 1. The average molecular weight is 364 g/mol. The Balaban J connectivity index is 1.47. The smallest absolute Gasteiger partial charge is 0.331 e. The summed E-state index contributed by atoms with van der Waals surface area (Å²) in [6, 6.07) is 17.5. The first-order valence-electron chi connectivity index (χ1n) is 8.32. The lowest BCUT2D eigenvalue weighted by Crippen LogP contribution is -2.28. The van der Waals surface area contributed by atoms with Crippen molar-refractivity contribution in [1.29, 1.82) is 0 Å². The molecular formula is C21H17FN2O3. The molecule has 5 nitrogen and oxygen atoms in total. The first-order chi connectivity index (χ1) is 13.1. The third-order valence-electron chi connectivity index (χ3n) is 3.79. The molecule has 0 atom stereocenters. The van der Waals surface area contributed by atoms with Crippen LogP contribution in [0.4, 0.5) is 4.39 Å². The van der Waals surface area contributed by atoms with Crippen molar-refractivity contribution in [3.8, 4) is 0 Å². The molecule has 1 amide bonds. The highest BCUT2D eigenvalue weighted by atomic mass is 19.1. The number of amides is 1. The van der Waals surface area contributed by atoms with Crippen molar-refractivity contribution in [2.24, 2.45) is 0 Å². The number of carbonyl (C=O) groups excluding carboxylic acids is 2. The molecule has 6 heteroatoms. The monoisotopic (exact) mass is 364 g/mol. The van der Waals surface area contributed by atoms with Crippen LogP contribution in [0.25, 0.3) is 17.0 Å². The third-order valence-corrected chi connectivity index (χ3v) is 3.79. The van der Waals surface area contributed by atoms with Crippen LogP contribution in [0.5, 0.6) is 0 Å². The number of nitrogens with zero attached hydrogens (tertiary/aromatic N) is 1. The standard InChI is InChI=1S/C21H17FN2O3/c22-18-7-3-1-6-16(18)13-23-20(25)14-27-21(26)12-11-17-10-9-15-5-2-4-8-19(15)24-17/h1-12H,13-14H2,(H,23,25)/b12-11+. The number of hydrogen-bond acceptors (Lipinski definition) is 4. The fourth-order valence-electron chi connectivity index (χ4n) is 2.40. The topological polar surface area (TPSA) is 68.3 Å². The summed E-state index contributed by atoms with van der Waals surface area (Å²) in [5.74, 6) is -1.57. The van der Waals surface area contributed by atoms with Crippen molar-refractivity contribution >= 4 is 28.9 Å². The van der Waals surface area contributed by atoms with Crippen LogP contribution in [-0.4, -0.2) is 23.5 Å². The van der Waals surface area contributed by atoms with Crippen LogP contribution in [-0.2, 0) is 20.9 Å². The van der Waals surface area contributed by atoms with Crippen molar-refractivity contribution < 1.29 is 18.7 Å². The number of hydrogen-bond donors (Lipinski definition) is 1. The van der Waals surface area contributed by atoms with Crippen molar-refractivity contribution in [3.05, 3.63) is 83.8 Å². The number of aromatic nitrogens is 1. The number of pyridine rings is 1. The van der Waals surface area contributed by atoms with Gasteiger partial charge in [0.15, 0.2) is 6.61 Å². The number of fused-ring (bicyclic) bond motifs is 1. The molecule has 0 saturated heterocycles. The first kappa shape index (κ1) is 18.3. The Morgan fingerprint density at radius 1 is 1.04 bits per heavy atom. The minimum Gasteiger partial charge on any atom is -0.452 e. The van der Waals surface area contributed by atoms with Crippen molar-refractivity contribution in [2.45, 2.75) is 6.54 Å². The largest absolute Gasteiger partial charge is 0.452 e. The molecule has 136 valence electrons. The molecule has 0 fully saturated rings. The molecule has 0 bridgehead atoms. The van der Waals surface area contributed by atoms with Crippen LogP contribution >= 0.6 is 0 Å². The minimum absolute atomic E-state index is 0.0277. The first-order valence-corrected chi connectivity index (χ1v) is 8.32. The molecule has 0 spiro atoms. The zero-order chi connectivity index (χ0) is 19.1. The van der Waals surface area contributed by atoms with Crippen LogP contribution in [0.15, 0.2) is 66.7 Å². The lowest BCUT2D eigenvalue weighted by Gasteiger charge is -2.06. The van der Waals surface area contributed by atoms with E-state index >= 15 is 0 Å². The van der Waals surface area contributed by atoms with E-state index in [9.17, 15) is 14.0 Å². The third kappa shape index (κ3) is 5.22. The molecule has 1 heterocycles. The Morgan fingerprint density at radius 2 is 1.81 bits per heavy atom. The summed E-state index contributed by atoms with van der Waals surface area (Å²) in [6.45, 7) is -0.414. The number of para-hydroxylation sites is 1. The number of benzene rings is 2. The predicted octanol–water partition coefficient (Wildman–Crippen LogP) is 3.25. The Kier molecular flexibility index (Phi) is 5.89. The molecule has 1 N–H and O–H groups in total. The van der Waals surface area contributed by atoms with Crippen molar-refractivity contribution in [1.82, 2.24) is 10.3 Å². The van der Waals surface area contributed by atoms with Gasteiger partial charge in [-0.3, -0.25) is 4.79 Å². The molecular weight excluding hydrogens is 347 g/mol. The van der Waals surface area contributed by atoms with Crippen LogP contribution in [0, 0.1) is 5.82 Å². The maximum atomic E-state index is 13.5. The van der Waals surface area contributed by atoms with Crippen LogP contribution in [0.1, 0.15) is 11.3 Å². The normalized spacial score (nSPS) is 10.9. The highest BCUT2D eigenvalue weighted by molar-refractivity contribution is 5.89. The van der Waals surface area contributed by atoms with Gasteiger partial charge >= 0.3 is 5.97 Å². The SMILES string of the molecule is O=C(COC(=O)/C=C/c1ccc2ccccc2n1)NCc1ccccc1F. The van der Waals surface area contributed by atoms with Gasteiger partial charge in [-0.15, -0.1) is 0 Å². The van der Waals surface area contributed by atoms with Crippen molar-refractivity contribution in [3.63, 3.8) is 0 Å². The molecule has 3 aromatic rings. The molecule has 27 heavy (non-hydrogen) atoms. The summed E-state index contributed by atoms with van der Waals surface area (Å²) in [5.41, 5.74) is 1.79. The molecule has 2 aromatic carbocycles. The summed E-state index contributed by atoms with van der Waals surface area (Å²) in [5, 5.41) is 3.50. The van der Waals surface area contributed by atoms with Gasteiger partial charge in [-0.1, -0.05) is 42.5 Å². The summed E-state index contributed by atoms with van der Waals surface area (Å²) in [4.78, 5) is 27.8. The molecule has 3 rings (SSSR count). The van der Waals surface area contributed by atoms with E-state index in [0.29, 0.717) is 11.3 Å². The maximum Gasteiger partial charge on any atom is 0.331 e. The highest BCUT2D eigenvalue weighted by Gasteiger charge is 2.07. The number of esters is 1. The molecule has 0 saturated carbocycles. The fourth-order valence-corrected chi connectivity index (χ4v) is 2.40. The molecule has 0 aliphatic heterocycles. The van der Waals surface area contributed by atoms with E-state index in [4.69, 9.17) is 4.74 Å². The van der Waals surface area contributed by atoms with Crippen LogP contribution in [0.2, 0.25) is 0 Å². The Bertz CT molecular complexity index is 1000. The quantitative estimate of drug-likeness (QED) is 0.539. The number of ether oxygens (including phenoxy) is 1. The van der Waals surface area contributed by atoms with E-state index in [-0.39, 0.29) is 6.54 Å². The minimum atomic E-state index is -0.661. The summed E-state index contributed by atoms with van der Waals surface area (Å²) in [7, 11) is 0. The second kappa shape index (κ2) is 8.71. The molecule has 0 radical (unpaired) electrons. The highest BCUT2D eigenvalue weighted by Crippen LogP contribution is 2.12. The van der Waals surface area contributed by atoms with Gasteiger partial charge in [-0.25, -0.2) is 14.2 Å². The van der Waals surface area contributed by atoms with E-state index in [1.165, 1.54) is 18.2 Å². The molecule has 1 aromatic heterocycles. The van der Waals surface area contributed by atoms with E-state index in [1.807, 2.05) is 30.3 Å². The van der Waals surface area contributed by atoms with Gasteiger partial charge < -0.3 is 10.1 Å². The predicted molar refractivity (Wildman–Crippen MR) is 100.0 cm³/mol. The lowest BCUT2D eigenvalue weighted by atomic mass is 10.2. The molecule has 0 aliphatic rings. The van der Waals surface area contributed by atoms with Gasteiger partial charge in [0.1, 0.15) is 5.82 Å². The van der Waals surface area contributed by atoms with Gasteiger partial charge in [0.05, 0.1) is 11.2 Å². The number of rotatable bonds is 6. The van der Waals surface area contributed by atoms with Gasteiger partial charge in [-0.05, 0) is 24.3 Å². The summed E-state index contributed by atoms with van der Waals surface area (Å²) >= 11 is 0. The van der Waals surface area contributed by atoms with Gasteiger partial charge in [0.25, 0.3) is 5.91 Å². The Hall–Kier alpha value is -3.54. The second-order valence-corrected chi connectivity index (χ2v) is 5.74. The molecule has 0 unspecified atom stereocenters. The number of halogens is 1. The van der Waals surface area contributed by atoms with Gasteiger partial charge in [0.2, 0.25) is 0 Å². The van der Waals surface area contributed by atoms with E-state index < -0.39 is 24.3 Å². The van der Waals surface area contributed by atoms with E-state index in [0.717, 1.165) is 10.9 Å². The number of carbonyl (C=O) groups is 2. The van der Waals surface area contributed by atoms with Gasteiger partial charge in [-0.2, -0.15) is 0 Å². The Labute approximate surface area is 155 Å². The summed E-state index contributed by atoms with van der Waals surface area (Å²) in [6.07, 6.45) is 2.73. The fraction of sp³-hybridized carbons (Fsp3) is 0.0952. The van der Waals surface area contributed by atoms with E-state index in [1.54, 1.807) is 24.3 Å². The maximum absolute atomic E-state index is 13.5. The van der Waals surface area contributed by atoms with Crippen LogP contribution in [0.3, 0.4) is 0 Å². The van der Waals surface area contributed by atoms with Gasteiger partial charge in [0, 0.05) is 23.6 Å². The zero-order valence-corrected chi connectivity index (χ0v) is 14.4. The second-order valence-electron chi connectivity index (χ2n) is 5.74. The van der Waals surface area contributed by atoms with Crippen LogP contribution < -0.4 is 5.32 Å². The molecule has 0 aliphatic carbocycles.